The van der Waals surface area contributed by atoms with E-state index >= 15 is 0 Å². The summed E-state index contributed by atoms with van der Waals surface area (Å²) in [7, 11) is 0. The molecule has 0 bridgehead atoms. The summed E-state index contributed by atoms with van der Waals surface area (Å²) < 4.78 is 0. The Morgan fingerprint density at radius 3 is 2.37 bits per heavy atom. The largest absolute Gasteiger partial charge is 0.481 e. The maximum absolute atomic E-state index is 12.4. The Balaban J connectivity index is 1.88. The molecule has 0 aromatic heterocycles. The molecule has 3 atom stereocenters. The number of likely N-dealkylation sites (tertiary alicyclic amines) is 2. The number of nitrogens with zero attached hydrogens (tertiary/aromatic N) is 2. The van der Waals surface area contributed by atoms with Crippen LogP contribution >= 0.6 is 0 Å². The molecule has 0 aromatic rings. The Bertz CT molecular complexity index is 366. The molecule has 0 radical (unpaired) electrons. The summed E-state index contributed by atoms with van der Waals surface area (Å²) in [5, 5.41) is 8.72. The minimum atomic E-state index is -0.773. The molecule has 2 fully saturated rings. The maximum Gasteiger partial charge on any atom is 0.320 e. The maximum atomic E-state index is 12.4. The van der Waals surface area contributed by atoms with E-state index in [0.29, 0.717) is 24.9 Å². The molecule has 2 aliphatic rings. The molecule has 5 nitrogen and oxygen atoms in total. The topological polar surface area (TPSA) is 60.9 Å². The molecule has 0 spiro atoms. The zero-order valence-corrected chi connectivity index (χ0v) is 12.0. The van der Waals surface area contributed by atoms with Crippen LogP contribution in [-0.4, -0.2) is 52.6 Å². The summed E-state index contributed by atoms with van der Waals surface area (Å²) in [6, 6.07) is 0.370. The van der Waals surface area contributed by atoms with Gasteiger partial charge in [-0.2, -0.15) is 0 Å². The molecule has 2 amide bonds. The van der Waals surface area contributed by atoms with Gasteiger partial charge in [0, 0.05) is 31.6 Å². The summed E-state index contributed by atoms with van der Waals surface area (Å²) in [4.78, 5) is 26.8. The van der Waals surface area contributed by atoms with Crippen molar-refractivity contribution in [3.8, 4) is 0 Å². The molecular weight excluding hydrogens is 244 g/mol. The second kappa shape index (κ2) is 5.39. The van der Waals surface area contributed by atoms with Crippen molar-refractivity contribution in [3.63, 3.8) is 0 Å². The van der Waals surface area contributed by atoms with Crippen molar-refractivity contribution < 1.29 is 14.7 Å². The molecule has 2 saturated heterocycles. The highest BCUT2D eigenvalue weighted by molar-refractivity contribution is 5.76. The first-order valence-electron chi connectivity index (χ1n) is 7.15. The zero-order chi connectivity index (χ0) is 14.2. The van der Waals surface area contributed by atoms with E-state index in [1.807, 2.05) is 4.90 Å². The van der Waals surface area contributed by atoms with Crippen LogP contribution in [0, 0.1) is 17.8 Å². The first kappa shape index (κ1) is 14.2. The minimum Gasteiger partial charge on any atom is -0.481 e. The van der Waals surface area contributed by atoms with Gasteiger partial charge in [-0.05, 0) is 25.2 Å². The van der Waals surface area contributed by atoms with E-state index in [4.69, 9.17) is 5.11 Å². The summed E-state index contributed by atoms with van der Waals surface area (Å²) >= 11 is 0. The fourth-order valence-electron chi connectivity index (χ4n) is 3.25. The first-order valence-corrected chi connectivity index (χ1v) is 7.15. The third-order valence-corrected chi connectivity index (χ3v) is 4.53. The Morgan fingerprint density at radius 1 is 1.16 bits per heavy atom. The summed E-state index contributed by atoms with van der Waals surface area (Å²) in [5.74, 6) is 0.442. The van der Waals surface area contributed by atoms with Crippen LogP contribution < -0.4 is 0 Å². The van der Waals surface area contributed by atoms with E-state index in [0.717, 1.165) is 6.54 Å². The lowest BCUT2D eigenvalue weighted by Gasteiger charge is -2.47. The minimum absolute atomic E-state index is 0.0903. The van der Waals surface area contributed by atoms with Crippen LogP contribution in [0.25, 0.3) is 0 Å². The van der Waals surface area contributed by atoms with E-state index in [1.54, 1.807) is 4.90 Å². The highest BCUT2D eigenvalue weighted by Crippen LogP contribution is 2.29. The van der Waals surface area contributed by atoms with Crippen molar-refractivity contribution in [1.29, 1.82) is 0 Å². The Hall–Kier alpha value is -1.26. The number of rotatable bonds is 2. The third-order valence-electron chi connectivity index (χ3n) is 4.53. The number of aliphatic carboxylic acids is 1. The Labute approximate surface area is 114 Å². The van der Waals surface area contributed by atoms with Crippen LogP contribution in [-0.2, 0) is 4.79 Å². The van der Waals surface area contributed by atoms with Crippen molar-refractivity contribution in [1.82, 2.24) is 9.80 Å². The number of carboxylic acid groups (broad SMARTS) is 1. The Kier molecular flexibility index (Phi) is 4.02. The van der Waals surface area contributed by atoms with Crippen molar-refractivity contribution in [2.45, 2.75) is 39.7 Å². The molecule has 0 saturated carbocycles. The number of hydrogen-bond donors (Lipinski definition) is 1. The molecule has 2 rings (SSSR count). The first-order chi connectivity index (χ1) is 8.88. The monoisotopic (exact) mass is 268 g/mol. The predicted octanol–water partition coefficient (Wildman–Crippen LogP) is 1.88. The van der Waals surface area contributed by atoms with Crippen LogP contribution in [0.5, 0.6) is 0 Å². The van der Waals surface area contributed by atoms with E-state index in [2.05, 4.69) is 20.8 Å². The summed E-state index contributed by atoms with van der Waals surface area (Å²) in [5.41, 5.74) is 0. The number of carbonyl (C=O) groups excluding carboxylic acids is 1. The molecule has 108 valence electrons. The smallest absolute Gasteiger partial charge is 0.320 e. The van der Waals surface area contributed by atoms with Crippen molar-refractivity contribution in [2.24, 2.45) is 17.8 Å². The zero-order valence-electron chi connectivity index (χ0n) is 12.0. The highest BCUT2D eigenvalue weighted by atomic mass is 16.4. The van der Waals surface area contributed by atoms with Gasteiger partial charge >= 0.3 is 12.0 Å². The number of hydrogen-bond acceptors (Lipinski definition) is 2. The standard InChI is InChI=1S/C14H24N2O3/c1-9-4-10(2)11(3)16(6-9)14(19)15-7-12(8-15)5-13(17)18/h9-12H,4-8H2,1-3H3,(H,17,18). The van der Waals surface area contributed by atoms with Gasteiger partial charge in [0.15, 0.2) is 0 Å². The fraction of sp³-hybridized carbons (Fsp3) is 0.857. The average molecular weight is 268 g/mol. The van der Waals surface area contributed by atoms with Crippen LogP contribution in [0.2, 0.25) is 0 Å². The molecule has 2 aliphatic heterocycles. The predicted molar refractivity (Wildman–Crippen MR) is 71.8 cm³/mol. The number of urea groups is 1. The number of amides is 2. The van der Waals surface area contributed by atoms with Gasteiger partial charge in [0.05, 0.1) is 6.42 Å². The lowest BCUT2D eigenvalue weighted by Crippen LogP contribution is -2.59. The molecule has 3 unspecified atom stereocenters. The van der Waals surface area contributed by atoms with Gasteiger partial charge in [-0.25, -0.2) is 4.79 Å². The third kappa shape index (κ3) is 3.01. The fourth-order valence-corrected chi connectivity index (χ4v) is 3.25. The van der Waals surface area contributed by atoms with Gasteiger partial charge in [-0.3, -0.25) is 4.79 Å². The molecule has 5 heteroatoms. The molecule has 19 heavy (non-hydrogen) atoms. The summed E-state index contributed by atoms with van der Waals surface area (Å²) in [6.07, 6.45) is 1.35. The van der Waals surface area contributed by atoms with Crippen LogP contribution in [0.3, 0.4) is 0 Å². The van der Waals surface area contributed by atoms with Crippen molar-refractivity contribution in [2.75, 3.05) is 19.6 Å². The molecule has 0 aliphatic carbocycles. The lowest BCUT2D eigenvalue weighted by molar-refractivity contribution is -0.139. The van der Waals surface area contributed by atoms with Gasteiger partial charge in [-0.15, -0.1) is 0 Å². The summed E-state index contributed by atoms with van der Waals surface area (Å²) in [6.45, 7) is 8.51. The normalized spacial score (nSPS) is 32.1. The Morgan fingerprint density at radius 2 is 1.79 bits per heavy atom. The van der Waals surface area contributed by atoms with E-state index in [1.165, 1.54) is 6.42 Å². The number of piperidine rings is 1. The van der Waals surface area contributed by atoms with Crippen LogP contribution in [0.15, 0.2) is 0 Å². The van der Waals surface area contributed by atoms with Gasteiger partial charge in [-0.1, -0.05) is 13.8 Å². The average Bonchev–Trinajstić information content (AvgIpc) is 2.26. The SMILES string of the molecule is CC1CC(C)C(C)N(C(=O)N2CC(CC(=O)O)C2)C1. The van der Waals surface area contributed by atoms with E-state index < -0.39 is 5.97 Å². The lowest BCUT2D eigenvalue weighted by atomic mass is 9.86. The van der Waals surface area contributed by atoms with Gasteiger partial charge < -0.3 is 14.9 Å². The highest BCUT2D eigenvalue weighted by Gasteiger charge is 2.39. The van der Waals surface area contributed by atoms with Crippen LogP contribution in [0.1, 0.15) is 33.6 Å². The second-order valence-electron chi connectivity index (χ2n) is 6.36. The second-order valence-corrected chi connectivity index (χ2v) is 6.36. The molecule has 2 heterocycles. The number of carboxylic acids is 1. The molecular formula is C14H24N2O3. The number of carbonyl (C=O) groups is 2. The quantitative estimate of drug-likeness (QED) is 0.831. The van der Waals surface area contributed by atoms with Gasteiger partial charge in [0.1, 0.15) is 0 Å². The van der Waals surface area contributed by atoms with Crippen molar-refractivity contribution >= 4 is 12.0 Å². The van der Waals surface area contributed by atoms with Gasteiger partial charge in [0.2, 0.25) is 0 Å². The van der Waals surface area contributed by atoms with E-state index in [9.17, 15) is 9.59 Å². The van der Waals surface area contributed by atoms with Crippen LogP contribution in [0.4, 0.5) is 4.79 Å². The van der Waals surface area contributed by atoms with E-state index in [-0.39, 0.29) is 24.4 Å². The van der Waals surface area contributed by atoms with Gasteiger partial charge in [0.25, 0.3) is 0 Å². The van der Waals surface area contributed by atoms with Crippen molar-refractivity contribution in [3.05, 3.63) is 0 Å². The molecule has 1 N–H and O–H groups in total. The molecule has 0 aromatic carbocycles.